The summed E-state index contributed by atoms with van der Waals surface area (Å²) in [6.07, 6.45) is 18.2. The molecule has 0 N–H and O–H groups in total. The molecule has 1 fully saturated rings. The maximum atomic E-state index is 2.43. The second-order valence-electron chi connectivity index (χ2n) is 8.93. The number of halogens is 1. The highest BCUT2D eigenvalue weighted by atomic mass is 127. The molecule has 4 aliphatic carbocycles. The van der Waals surface area contributed by atoms with E-state index >= 15 is 0 Å². The average Bonchev–Trinajstić information content (AvgIpc) is 3.54. The molecule has 32 heavy (non-hydrogen) atoms. The van der Waals surface area contributed by atoms with Gasteiger partial charge in [0.1, 0.15) is 0 Å². The number of fused-ring (bicyclic) bond motifs is 4. The molecule has 0 heterocycles. The number of benzene rings is 2. The molecule has 3 unspecified atom stereocenters. The minimum atomic E-state index is 0. The van der Waals surface area contributed by atoms with Gasteiger partial charge in [0.2, 0.25) is 0 Å². The second-order valence-corrected chi connectivity index (χ2v) is 10.2. The van der Waals surface area contributed by atoms with E-state index in [1.54, 1.807) is 5.56 Å². The summed E-state index contributed by atoms with van der Waals surface area (Å²) >= 11 is 2.30. The Balaban J connectivity index is 0.000000247. The van der Waals surface area contributed by atoms with Gasteiger partial charge in [0.05, 0.1) is 0 Å². The van der Waals surface area contributed by atoms with Crippen LogP contribution in [-0.2, 0) is 0 Å². The Labute approximate surface area is 212 Å². The van der Waals surface area contributed by atoms with Crippen molar-refractivity contribution in [3.8, 4) is 0 Å². The van der Waals surface area contributed by atoms with Crippen molar-refractivity contribution in [1.29, 1.82) is 0 Å². The predicted octanol–water partition coefficient (Wildman–Crippen LogP) is 9.93. The zero-order valence-corrected chi connectivity index (χ0v) is 19.6. The van der Waals surface area contributed by atoms with Crippen LogP contribution in [0.2, 0.25) is 0 Å². The van der Waals surface area contributed by atoms with Gasteiger partial charge < -0.3 is 0 Å². The Morgan fingerprint density at radius 2 is 1.09 bits per heavy atom. The molecule has 0 aliphatic heterocycles. The van der Waals surface area contributed by atoms with Crippen molar-refractivity contribution in [1.82, 2.24) is 0 Å². The molecule has 0 nitrogen and oxygen atoms in total. The quantitative estimate of drug-likeness (QED) is 0.249. The Morgan fingerprint density at radius 1 is 0.594 bits per heavy atom. The highest BCUT2D eigenvalue weighted by Gasteiger charge is 2.36. The highest BCUT2D eigenvalue weighted by molar-refractivity contribution is 14.1. The topological polar surface area (TPSA) is 0 Å². The van der Waals surface area contributed by atoms with Crippen LogP contribution >= 0.6 is 22.6 Å². The fraction of sp³-hybridized carbons (Fsp3) is 0.419. The summed E-state index contributed by atoms with van der Waals surface area (Å²) in [6, 6.07) is 17.6. The molecule has 0 radical (unpaired) electrons. The van der Waals surface area contributed by atoms with E-state index in [9.17, 15) is 0 Å². The molecule has 4 aliphatic rings. The first-order valence-electron chi connectivity index (χ1n) is 10.9. The lowest BCUT2D eigenvalue weighted by molar-refractivity contribution is 0.585. The molecule has 1 saturated carbocycles. The van der Waals surface area contributed by atoms with E-state index in [2.05, 4.69) is 121 Å². The SMILES string of the molecule is C.C.C.C1=CC2C=CC1C2.Cc1ccc(C2CC3C=CC2C3)cc1.Cc1ccc(I)cc1. The van der Waals surface area contributed by atoms with Gasteiger partial charge in [0.15, 0.2) is 0 Å². The first-order chi connectivity index (χ1) is 14.1. The molecule has 3 atom stereocenters. The molecular formula is C31H43I. The van der Waals surface area contributed by atoms with E-state index in [1.807, 2.05) is 0 Å². The third kappa shape index (κ3) is 7.47. The first kappa shape index (κ1) is 28.4. The van der Waals surface area contributed by atoms with Crippen LogP contribution in [0.3, 0.4) is 0 Å². The molecule has 0 amide bonds. The average molecular weight is 543 g/mol. The van der Waals surface area contributed by atoms with Crippen molar-refractivity contribution in [2.75, 3.05) is 0 Å². The number of hydrogen-bond acceptors (Lipinski definition) is 0. The molecule has 4 bridgehead atoms. The van der Waals surface area contributed by atoms with Crippen molar-refractivity contribution in [3.63, 3.8) is 0 Å². The van der Waals surface area contributed by atoms with Crippen LogP contribution in [0.15, 0.2) is 85.0 Å². The van der Waals surface area contributed by atoms with Crippen LogP contribution in [0.1, 0.15) is 64.2 Å². The monoisotopic (exact) mass is 542 g/mol. The Kier molecular flexibility index (Phi) is 11.7. The Morgan fingerprint density at radius 3 is 1.44 bits per heavy atom. The van der Waals surface area contributed by atoms with E-state index in [0.29, 0.717) is 0 Å². The first-order valence-corrected chi connectivity index (χ1v) is 12.0. The summed E-state index contributed by atoms with van der Waals surface area (Å²) in [5.74, 6) is 4.15. The van der Waals surface area contributed by atoms with E-state index < -0.39 is 0 Å². The molecule has 2 aromatic rings. The van der Waals surface area contributed by atoms with Gasteiger partial charge >= 0.3 is 0 Å². The molecule has 0 saturated heterocycles. The van der Waals surface area contributed by atoms with Gasteiger partial charge in [-0.25, -0.2) is 0 Å². The van der Waals surface area contributed by atoms with E-state index in [4.69, 9.17) is 0 Å². The zero-order valence-electron chi connectivity index (χ0n) is 17.5. The number of allylic oxidation sites excluding steroid dienone is 6. The van der Waals surface area contributed by atoms with E-state index in [-0.39, 0.29) is 22.3 Å². The van der Waals surface area contributed by atoms with E-state index in [0.717, 1.165) is 29.6 Å². The maximum Gasteiger partial charge on any atom is 0.0130 e. The van der Waals surface area contributed by atoms with Crippen LogP contribution in [0.4, 0.5) is 0 Å². The summed E-state index contributed by atoms with van der Waals surface area (Å²) in [5.41, 5.74) is 4.24. The molecule has 2 aromatic carbocycles. The third-order valence-electron chi connectivity index (χ3n) is 6.55. The largest absolute Gasteiger partial charge is 0.0851 e. The van der Waals surface area contributed by atoms with Gasteiger partial charge in [0, 0.05) is 3.57 Å². The fourth-order valence-corrected chi connectivity index (χ4v) is 5.20. The van der Waals surface area contributed by atoms with Crippen LogP contribution < -0.4 is 0 Å². The van der Waals surface area contributed by atoms with Gasteiger partial charge in [-0.1, -0.05) is 106 Å². The van der Waals surface area contributed by atoms with E-state index in [1.165, 1.54) is 34.0 Å². The maximum absolute atomic E-state index is 2.43. The summed E-state index contributed by atoms with van der Waals surface area (Å²) in [6.45, 7) is 4.25. The third-order valence-corrected chi connectivity index (χ3v) is 7.27. The lowest BCUT2D eigenvalue weighted by atomic mass is 9.87. The standard InChI is InChI=1S/C14H16.C7H7I.C7H8.3CH4/c1-10-2-5-12(6-3-10)14-9-11-4-7-13(14)8-11;1-6-2-4-7(8)5-3-6;1-2-7-4-3-6(1)5-7;;;/h2-7,11,13-14H,8-9H2,1H3;2-5H,1H3;1-4,6-7H,5H2;3*1H4. The molecule has 1 heteroatoms. The normalized spacial score (nSPS) is 26.7. The zero-order chi connectivity index (χ0) is 20.2. The molecular weight excluding hydrogens is 499 g/mol. The van der Waals surface area contributed by atoms with Crippen molar-refractivity contribution in [2.45, 2.75) is 61.3 Å². The molecule has 6 rings (SSSR count). The number of aryl methyl sites for hydroxylation is 2. The van der Waals surface area contributed by atoms with Crippen molar-refractivity contribution in [2.24, 2.45) is 23.7 Å². The van der Waals surface area contributed by atoms with Crippen molar-refractivity contribution < 1.29 is 0 Å². The summed E-state index contributed by atoms with van der Waals surface area (Å²) < 4.78 is 1.30. The number of hydrogen-bond donors (Lipinski definition) is 0. The van der Waals surface area contributed by atoms with Crippen LogP contribution in [-0.4, -0.2) is 0 Å². The summed E-state index contributed by atoms with van der Waals surface area (Å²) in [7, 11) is 0. The predicted molar refractivity (Wildman–Crippen MR) is 153 cm³/mol. The van der Waals surface area contributed by atoms with Gasteiger partial charge in [-0.15, -0.1) is 0 Å². The van der Waals surface area contributed by atoms with Gasteiger partial charge in [-0.2, -0.15) is 0 Å². The lowest BCUT2D eigenvalue weighted by Gasteiger charge is -2.18. The van der Waals surface area contributed by atoms with Crippen LogP contribution in [0, 0.1) is 41.1 Å². The van der Waals surface area contributed by atoms with Gasteiger partial charge in [0.25, 0.3) is 0 Å². The highest BCUT2D eigenvalue weighted by Crippen LogP contribution is 2.48. The molecule has 0 spiro atoms. The second kappa shape index (κ2) is 13.2. The minimum absolute atomic E-state index is 0. The Bertz CT molecular complexity index is 836. The van der Waals surface area contributed by atoms with Gasteiger partial charge in [-0.05, 0) is 103 Å². The number of rotatable bonds is 1. The van der Waals surface area contributed by atoms with Gasteiger partial charge in [-0.3, -0.25) is 0 Å². The summed E-state index contributed by atoms with van der Waals surface area (Å²) in [4.78, 5) is 0. The Hall–Kier alpha value is -1.61. The fourth-order valence-electron chi connectivity index (χ4n) is 4.84. The van der Waals surface area contributed by atoms with Crippen LogP contribution in [0.5, 0.6) is 0 Å². The minimum Gasteiger partial charge on any atom is -0.0851 e. The smallest absolute Gasteiger partial charge is 0.0130 e. The lowest BCUT2D eigenvalue weighted by Crippen LogP contribution is -2.04. The van der Waals surface area contributed by atoms with Crippen molar-refractivity contribution in [3.05, 3.63) is 105 Å². The van der Waals surface area contributed by atoms with Crippen LogP contribution in [0.25, 0.3) is 0 Å². The molecule has 0 aromatic heterocycles. The molecule has 174 valence electrons. The summed E-state index contributed by atoms with van der Waals surface area (Å²) in [5, 5.41) is 0. The van der Waals surface area contributed by atoms with Crippen molar-refractivity contribution >= 4 is 22.6 Å².